The number of benzene rings is 11. The Kier molecular flexibility index (Phi) is 8.05. The van der Waals surface area contributed by atoms with Crippen molar-refractivity contribution in [3.63, 3.8) is 0 Å². The second kappa shape index (κ2) is 14.3. The SMILES string of the molecule is CCC1C(c2ccc(-n3c4cc5ccccc5cc4c4c5ccccc5ccc43)c3c2oc2ccccc23)=NC(c2cccc3ccccc23)=NC1c1ccc2c(ccc3ccccc32)c1. The van der Waals surface area contributed by atoms with Gasteiger partial charge >= 0.3 is 0 Å². The lowest BCUT2D eigenvalue weighted by molar-refractivity contribution is 0.532. The maximum atomic E-state index is 7.15. The number of fused-ring (bicyclic) bond motifs is 13. The summed E-state index contributed by atoms with van der Waals surface area (Å²) in [6, 6.07) is 74.8. The smallest absolute Gasteiger partial charge is 0.156 e. The van der Waals surface area contributed by atoms with E-state index in [9.17, 15) is 0 Å². The van der Waals surface area contributed by atoms with Crippen molar-refractivity contribution in [3.05, 3.63) is 223 Å². The lowest BCUT2D eigenvalue weighted by atomic mass is 9.82. The third-order valence-electron chi connectivity index (χ3n) is 14.3. The minimum Gasteiger partial charge on any atom is -0.455 e. The summed E-state index contributed by atoms with van der Waals surface area (Å²) in [5, 5.41) is 16.8. The highest BCUT2D eigenvalue weighted by Crippen LogP contribution is 2.45. The molecule has 2 unspecified atom stereocenters. The highest BCUT2D eigenvalue weighted by molar-refractivity contribution is 6.27. The molecule has 0 saturated heterocycles. The van der Waals surface area contributed by atoms with E-state index in [1.807, 2.05) is 0 Å². The summed E-state index contributed by atoms with van der Waals surface area (Å²) in [4.78, 5) is 11.3. The van der Waals surface area contributed by atoms with Crippen LogP contribution in [-0.4, -0.2) is 16.1 Å². The molecule has 0 radical (unpaired) electrons. The fourth-order valence-corrected chi connectivity index (χ4v) is 11.3. The van der Waals surface area contributed by atoms with Crippen LogP contribution in [0.3, 0.4) is 0 Å². The first-order valence-electron chi connectivity index (χ1n) is 23.0. The molecule has 310 valence electrons. The van der Waals surface area contributed by atoms with E-state index in [1.165, 1.54) is 59.4 Å². The average molecular weight is 844 g/mol. The van der Waals surface area contributed by atoms with Crippen LogP contribution in [0.1, 0.15) is 36.1 Å². The third-order valence-corrected chi connectivity index (χ3v) is 14.3. The van der Waals surface area contributed by atoms with Crippen LogP contribution >= 0.6 is 0 Å². The van der Waals surface area contributed by atoms with Crippen molar-refractivity contribution in [3.8, 4) is 5.69 Å². The second-order valence-electron chi connectivity index (χ2n) is 17.9. The number of aliphatic imine (C=N–C) groups is 2. The second-order valence-corrected chi connectivity index (χ2v) is 17.9. The minimum absolute atomic E-state index is 0.0325. The summed E-state index contributed by atoms with van der Waals surface area (Å²) in [5.74, 6) is 0.708. The Morgan fingerprint density at radius 3 is 1.91 bits per heavy atom. The van der Waals surface area contributed by atoms with Crippen LogP contribution in [0.5, 0.6) is 0 Å². The van der Waals surface area contributed by atoms with Crippen LogP contribution in [0.15, 0.2) is 221 Å². The standard InChI is InChI=1S/C62H41N3O/c1-2-44-59(43-28-30-47-42(34-43)27-26-38-15-6-8-20-45(38)47)63-62(49-24-13-19-37-14-5-9-21-46(37)49)64-60(44)51-31-33-54(58-50-23-11-12-25-56(50)66-61(51)58)65-53-32-29-39-16-7-10-22-48(39)57(53)52-35-40-17-3-4-18-41(40)36-55(52)65/h3-36,44,59H,2H2,1H3. The molecule has 66 heavy (non-hydrogen) atoms. The van der Waals surface area contributed by atoms with Gasteiger partial charge in [0.2, 0.25) is 0 Å². The third kappa shape index (κ3) is 5.45. The number of aromatic nitrogens is 1. The van der Waals surface area contributed by atoms with Gasteiger partial charge in [0.15, 0.2) is 5.84 Å². The van der Waals surface area contributed by atoms with Crippen molar-refractivity contribution >= 4 is 109 Å². The zero-order valence-corrected chi connectivity index (χ0v) is 36.2. The van der Waals surface area contributed by atoms with E-state index in [-0.39, 0.29) is 12.0 Å². The van der Waals surface area contributed by atoms with E-state index in [0.29, 0.717) is 0 Å². The number of hydrogen-bond donors (Lipinski definition) is 0. The molecule has 2 aromatic heterocycles. The molecule has 11 aromatic carbocycles. The van der Waals surface area contributed by atoms with Gasteiger partial charge in [-0.2, -0.15) is 0 Å². The van der Waals surface area contributed by atoms with Crippen molar-refractivity contribution in [1.29, 1.82) is 0 Å². The molecule has 4 heteroatoms. The molecule has 14 rings (SSSR count). The van der Waals surface area contributed by atoms with Gasteiger partial charge in [-0.25, -0.2) is 4.99 Å². The Balaban J connectivity index is 1.04. The largest absolute Gasteiger partial charge is 0.455 e. The molecule has 1 aliphatic heterocycles. The molecule has 0 fully saturated rings. The maximum Gasteiger partial charge on any atom is 0.156 e. The van der Waals surface area contributed by atoms with Gasteiger partial charge < -0.3 is 8.98 Å². The number of rotatable bonds is 5. The van der Waals surface area contributed by atoms with Gasteiger partial charge in [0.25, 0.3) is 0 Å². The summed E-state index contributed by atoms with van der Waals surface area (Å²) in [6.45, 7) is 2.27. The van der Waals surface area contributed by atoms with Crippen LogP contribution in [0.2, 0.25) is 0 Å². The van der Waals surface area contributed by atoms with Crippen molar-refractivity contribution < 1.29 is 4.42 Å². The minimum atomic E-state index is -0.189. The Bertz CT molecular complexity index is 4240. The molecule has 1 aliphatic rings. The molecule has 0 amide bonds. The van der Waals surface area contributed by atoms with E-state index in [1.54, 1.807) is 0 Å². The normalized spacial score (nSPS) is 15.6. The first kappa shape index (κ1) is 37.1. The predicted molar refractivity (Wildman–Crippen MR) is 278 cm³/mol. The summed E-state index contributed by atoms with van der Waals surface area (Å²) >= 11 is 0. The van der Waals surface area contributed by atoms with Crippen LogP contribution in [0, 0.1) is 5.92 Å². The van der Waals surface area contributed by atoms with Gasteiger partial charge in [-0.15, -0.1) is 0 Å². The molecule has 4 nitrogen and oxygen atoms in total. The van der Waals surface area contributed by atoms with Crippen molar-refractivity contribution in [2.75, 3.05) is 0 Å². The highest BCUT2D eigenvalue weighted by atomic mass is 16.3. The zero-order chi connectivity index (χ0) is 43.5. The van der Waals surface area contributed by atoms with Crippen LogP contribution in [0.4, 0.5) is 0 Å². The predicted octanol–water partition coefficient (Wildman–Crippen LogP) is 16.5. The maximum absolute atomic E-state index is 7.15. The van der Waals surface area contributed by atoms with Crippen molar-refractivity contribution in [2.24, 2.45) is 15.9 Å². The fourth-order valence-electron chi connectivity index (χ4n) is 11.3. The quantitative estimate of drug-likeness (QED) is 0.159. The van der Waals surface area contributed by atoms with E-state index in [4.69, 9.17) is 14.4 Å². The van der Waals surface area contributed by atoms with Gasteiger partial charge in [0.1, 0.15) is 11.2 Å². The molecule has 2 atom stereocenters. The molecule has 3 heterocycles. The molecule has 0 spiro atoms. The van der Waals surface area contributed by atoms with Crippen LogP contribution in [0.25, 0.3) is 103 Å². The van der Waals surface area contributed by atoms with E-state index in [2.05, 4.69) is 218 Å². The summed E-state index contributed by atoms with van der Waals surface area (Å²) < 4.78 is 9.62. The van der Waals surface area contributed by atoms with Gasteiger partial charge in [-0.3, -0.25) is 4.99 Å². The summed E-state index contributed by atoms with van der Waals surface area (Å²) in [7, 11) is 0. The van der Waals surface area contributed by atoms with Crippen LogP contribution in [-0.2, 0) is 0 Å². The highest BCUT2D eigenvalue weighted by Gasteiger charge is 2.35. The van der Waals surface area contributed by atoms with Gasteiger partial charge in [0.05, 0.1) is 33.9 Å². The molecule has 13 aromatic rings. The van der Waals surface area contributed by atoms with E-state index in [0.717, 1.165) is 78.5 Å². The molecular weight excluding hydrogens is 803 g/mol. The number of amidine groups is 1. The van der Waals surface area contributed by atoms with Gasteiger partial charge in [0, 0.05) is 33.2 Å². The Morgan fingerprint density at radius 1 is 0.455 bits per heavy atom. The zero-order valence-electron chi connectivity index (χ0n) is 36.2. The number of furan rings is 1. The Labute approximate surface area is 380 Å². The summed E-state index contributed by atoms with van der Waals surface area (Å²) in [5.41, 5.74) is 9.29. The van der Waals surface area contributed by atoms with E-state index >= 15 is 0 Å². The van der Waals surface area contributed by atoms with Gasteiger partial charge in [-0.05, 0) is 108 Å². The monoisotopic (exact) mass is 843 g/mol. The Morgan fingerprint density at radius 2 is 1.09 bits per heavy atom. The molecule has 0 saturated carbocycles. The summed E-state index contributed by atoms with van der Waals surface area (Å²) in [6.07, 6.45) is 0.835. The lowest BCUT2D eigenvalue weighted by Gasteiger charge is -2.30. The van der Waals surface area contributed by atoms with Gasteiger partial charge in [-0.1, -0.05) is 171 Å². The topological polar surface area (TPSA) is 42.8 Å². The number of hydrogen-bond acceptors (Lipinski definition) is 3. The molecule has 0 N–H and O–H groups in total. The van der Waals surface area contributed by atoms with E-state index < -0.39 is 0 Å². The molecule has 0 bridgehead atoms. The molecular formula is C62H41N3O. The number of para-hydroxylation sites is 1. The Hall–Kier alpha value is -8.34. The lowest BCUT2D eigenvalue weighted by Crippen LogP contribution is -2.28. The average Bonchev–Trinajstić information content (AvgIpc) is 3.93. The fraction of sp³-hybridized carbons (Fsp3) is 0.0645. The first-order chi connectivity index (χ1) is 32.7. The van der Waals surface area contributed by atoms with Crippen LogP contribution < -0.4 is 0 Å². The van der Waals surface area contributed by atoms with Crippen molar-refractivity contribution in [2.45, 2.75) is 19.4 Å². The van der Waals surface area contributed by atoms with Crippen molar-refractivity contribution in [1.82, 2.24) is 4.57 Å². The first-order valence-corrected chi connectivity index (χ1v) is 23.0. The molecule has 0 aliphatic carbocycles. The number of nitrogens with zero attached hydrogens (tertiary/aromatic N) is 3.